The summed E-state index contributed by atoms with van der Waals surface area (Å²) in [6.07, 6.45) is 1.53. The second-order valence-corrected chi connectivity index (χ2v) is 8.97. The Balaban J connectivity index is 2.14. The predicted octanol–water partition coefficient (Wildman–Crippen LogP) is -3.52. The Bertz CT molecular complexity index is 1670. The molecule has 0 aliphatic heterocycles. The highest BCUT2D eigenvalue weighted by atomic mass is 19.1. The van der Waals surface area contributed by atoms with Gasteiger partial charge < -0.3 is 10.8 Å². The van der Waals surface area contributed by atoms with Gasteiger partial charge >= 0.3 is 0 Å². The zero-order chi connectivity index (χ0) is 29.3. The molecule has 15 heteroatoms. The van der Waals surface area contributed by atoms with Crippen LogP contribution < -0.4 is 38.5 Å². The minimum atomic E-state index is -0.485. The minimum absolute atomic E-state index is 0.00548. The number of aliphatic hydroxyl groups is 1. The summed E-state index contributed by atoms with van der Waals surface area (Å²) in [7, 11) is 32.7. The number of aryl methyl sites for hydroxylation is 1. The van der Waals surface area contributed by atoms with E-state index < -0.39 is 5.82 Å². The third-order valence-corrected chi connectivity index (χ3v) is 6.11. The number of nitrogens with zero attached hydrogens (tertiary/aromatic N) is 6. The van der Waals surface area contributed by atoms with Crippen LogP contribution in [0.15, 0.2) is 35.6 Å². The molecule has 3 aromatic heterocycles. The number of carbonyl (C=O) groups is 1. The SMILES string of the molecule is [B]c1c([B])c([B])c(-c2nc(N)n(C=O)/c(=N\N(C)Cc3ccc(F)cn3)c2-c2cc(C)nc(CO)c2)c([B])c1[B]. The quantitative estimate of drug-likeness (QED) is 0.147. The zero-order valence-electron chi connectivity index (χ0n) is 21.8. The lowest BCUT2D eigenvalue weighted by Gasteiger charge is -2.24. The number of hydrogen-bond donors (Lipinski definition) is 2. The number of pyridine rings is 2. The van der Waals surface area contributed by atoms with Crippen molar-refractivity contribution in [2.75, 3.05) is 12.8 Å². The van der Waals surface area contributed by atoms with Crippen LogP contribution in [-0.4, -0.2) is 82.3 Å². The van der Waals surface area contributed by atoms with Gasteiger partial charge in [0.25, 0.3) is 0 Å². The molecule has 9 nitrogen and oxygen atoms in total. The van der Waals surface area contributed by atoms with Crippen LogP contribution in [0.4, 0.5) is 10.3 Å². The Morgan fingerprint density at radius 2 is 1.68 bits per heavy atom. The summed E-state index contributed by atoms with van der Waals surface area (Å²) in [5, 5.41) is 16.0. The lowest BCUT2D eigenvalue weighted by Crippen LogP contribution is -2.55. The van der Waals surface area contributed by atoms with E-state index in [2.05, 4.69) is 20.1 Å². The Kier molecular flexibility index (Phi) is 8.34. The number of carbonyl (C=O) groups excluding carboxylic acids is 1. The predicted molar refractivity (Wildman–Crippen MR) is 156 cm³/mol. The molecule has 4 aromatic rings. The van der Waals surface area contributed by atoms with Gasteiger partial charge in [-0.3, -0.25) is 19.8 Å². The fraction of sp³-hybridized carbons (Fsp3) is 0.160. The first kappa shape index (κ1) is 28.9. The van der Waals surface area contributed by atoms with E-state index in [1.807, 2.05) is 0 Å². The Morgan fingerprint density at radius 1 is 1.02 bits per heavy atom. The largest absolute Gasteiger partial charge is 0.390 e. The molecule has 0 atom stereocenters. The van der Waals surface area contributed by atoms with Crippen molar-refractivity contribution < 1.29 is 14.3 Å². The molecule has 3 heterocycles. The zero-order valence-corrected chi connectivity index (χ0v) is 21.8. The van der Waals surface area contributed by atoms with Crippen LogP contribution in [-0.2, 0) is 17.9 Å². The molecule has 0 amide bonds. The molecule has 3 N–H and O–H groups in total. The molecule has 0 spiro atoms. The molecule has 0 unspecified atom stereocenters. The molecule has 4 rings (SSSR count). The van der Waals surface area contributed by atoms with E-state index in [0.29, 0.717) is 29.1 Å². The van der Waals surface area contributed by atoms with E-state index >= 15 is 0 Å². The average molecular weight is 523 g/mol. The van der Waals surface area contributed by atoms with Gasteiger partial charge in [0.05, 0.1) is 42.0 Å². The van der Waals surface area contributed by atoms with E-state index in [4.69, 9.17) is 45.0 Å². The average Bonchev–Trinajstić information content (AvgIpc) is 2.92. The van der Waals surface area contributed by atoms with Crippen LogP contribution >= 0.6 is 0 Å². The number of rotatable bonds is 7. The summed E-state index contributed by atoms with van der Waals surface area (Å²) >= 11 is 0. The van der Waals surface area contributed by atoms with Gasteiger partial charge in [-0.25, -0.2) is 13.9 Å². The molecule has 0 saturated heterocycles. The van der Waals surface area contributed by atoms with Crippen molar-refractivity contribution in [1.82, 2.24) is 24.5 Å². The van der Waals surface area contributed by atoms with Crippen LogP contribution in [0.3, 0.4) is 0 Å². The third-order valence-electron chi connectivity index (χ3n) is 6.11. The summed E-state index contributed by atoms with van der Waals surface area (Å²) in [5.74, 6) is -0.734. The monoisotopic (exact) mass is 523 g/mol. The maximum atomic E-state index is 13.4. The second-order valence-electron chi connectivity index (χ2n) is 8.97. The number of anilines is 1. The van der Waals surface area contributed by atoms with Gasteiger partial charge in [0.15, 0.2) is 5.49 Å². The van der Waals surface area contributed by atoms with Crippen molar-refractivity contribution in [3.05, 3.63) is 58.8 Å². The molecule has 0 saturated carbocycles. The molecule has 1 aromatic carbocycles. The lowest BCUT2D eigenvalue weighted by molar-refractivity contribution is 0.276. The standard InChI is InChI=1S/C25H19B5FN7O2/c1-11-5-12(6-15(9-39)34-11)16-23(17-18(26)20(28)22(30)21(29)19(17)27)35-25(32)38(10-40)24(16)36-37(2)8-14-4-3-13(31)7-33-14/h3-7,10,39H,8-9H2,1-2H3,(H2,32,35)/b36-24-. The first-order valence-corrected chi connectivity index (χ1v) is 11.8. The highest BCUT2D eigenvalue weighted by Crippen LogP contribution is 2.27. The van der Waals surface area contributed by atoms with Gasteiger partial charge in [-0.15, -0.1) is 16.4 Å². The molecule has 0 aliphatic rings. The summed E-state index contributed by atoms with van der Waals surface area (Å²) < 4.78 is 14.4. The van der Waals surface area contributed by atoms with Crippen LogP contribution in [0.2, 0.25) is 0 Å². The minimum Gasteiger partial charge on any atom is -0.390 e. The van der Waals surface area contributed by atoms with Crippen LogP contribution in [0.1, 0.15) is 17.1 Å². The van der Waals surface area contributed by atoms with Gasteiger partial charge in [0.1, 0.15) is 45.0 Å². The highest BCUT2D eigenvalue weighted by Gasteiger charge is 2.23. The Morgan fingerprint density at radius 3 is 2.25 bits per heavy atom. The van der Waals surface area contributed by atoms with E-state index in [1.165, 1.54) is 17.1 Å². The van der Waals surface area contributed by atoms with Crippen LogP contribution in [0.25, 0.3) is 22.4 Å². The number of nitrogens with two attached hydrogens (primary N) is 1. The van der Waals surface area contributed by atoms with Gasteiger partial charge in [0, 0.05) is 12.7 Å². The number of halogens is 1. The number of nitrogen functional groups attached to an aromatic ring is 1. The van der Waals surface area contributed by atoms with Gasteiger partial charge in [-0.05, 0) is 42.3 Å². The molecule has 40 heavy (non-hydrogen) atoms. The van der Waals surface area contributed by atoms with Gasteiger partial charge in [0.2, 0.25) is 12.4 Å². The van der Waals surface area contributed by atoms with Crippen LogP contribution in [0.5, 0.6) is 0 Å². The van der Waals surface area contributed by atoms with Gasteiger partial charge in [-0.1, -0.05) is 10.9 Å². The number of hydrogen-bond acceptors (Lipinski definition) is 8. The normalized spacial score (nSPS) is 11.6. The number of aromatic nitrogens is 4. The summed E-state index contributed by atoms with van der Waals surface area (Å²) in [6.45, 7) is 1.50. The van der Waals surface area contributed by atoms with Gasteiger partial charge in [-0.2, -0.15) is 5.10 Å². The molecule has 0 bridgehead atoms. The third kappa shape index (κ3) is 5.46. The van der Waals surface area contributed by atoms with Crippen molar-refractivity contribution in [2.24, 2.45) is 5.10 Å². The van der Waals surface area contributed by atoms with E-state index in [1.54, 1.807) is 26.1 Å². The van der Waals surface area contributed by atoms with E-state index in [9.17, 15) is 14.3 Å². The molecular weight excluding hydrogens is 503 g/mol. The van der Waals surface area contributed by atoms with E-state index in [0.717, 1.165) is 10.8 Å². The molecule has 188 valence electrons. The first-order valence-electron chi connectivity index (χ1n) is 11.8. The molecule has 0 aliphatic carbocycles. The first-order chi connectivity index (χ1) is 19.0. The van der Waals surface area contributed by atoms with Crippen molar-refractivity contribution in [3.63, 3.8) is 0 Å². The highest BCUT2D eigenvalue weighted by molar-refractivity contribution is 6.68. The number of benzene rings is 1. The maximum Gasteiger partial charge on any atom is 0.222 e. The van der Waals surface area contributed by atoms with Crippen molar-refractivity contribution in [3.8, 4) is 22.4 Å². The number of aliphatic hydroxyl groups excluding tert-OH is 1. The fourth-order valence-electron chi connectivity index (χ4n) is 4.21. The second kappa shape index (κ2) is 11.6. The topological polar surface area (TPSA) is 123 Å². The lowest BCUT2D eigenvalue weighted by atomic mass is 9.60. The van der Waals surface area contributed by atoms with Crippen LogP contribution in [0, 0.1) is 12.7 Å². The smallest absolute Gasteiger partial charge is 0.222 e. The van der Waals surface area contributed by atoms with Crippen molar-refractivity contribution in [2.45, 2.75) is 20.1 Å². The van der Waals surface area contributed by atoms with Crippen molar-refractivity contribution >= 4 is 78.9 Å². The summed E-state index contributed by atoms with van der Waals surface area (Å²) in [4.78, 5) is 25.1. The fourth-order valence-corrected chi connectivity index (χ4v) is 4.21. The maximum absolute atomic E-state index is 13.4. The van der Waals surface area contributed by atoms with E-state index in [-0.39, 0.29) is 68.7 Å². The molecule has 10 radical (unpaired) electrons. The Labute approximate surface area is 236 Å². The summed E-state index contributed by atoms with van der Waals surface area (Å²) in [6, 6.07) is 6.06. The molecule has 0 fully saturated rings. The Hall–Kier alpha value is -4.12. The van der Waals surface area contributed by atoms with Crippen molar-refractivity contribution in [1.29, 1.82) is 0 Å². The molecular formula is C25H19B5FN7O2. The summed E-state index contributed by atoms with van der Waals surface area (Å²) in [5.41, 5.74) is 8.54.